The summed E-state index contributed by atoms with van der Waals surface area (Å²) in [7, 11) is 3.67. The van der Waals surface area contributed by atoms with E-state index in [9.17, 15) is 0 Å². The third kappa shape index (κ3) is 2.80. The molecule has 2 aromatic rings. The molecule has 3 heteroatoms. The molecule has 3 rings (SSSR count). The van der Waals surface area contributed by atoms with Gasteiger partial charge in [0.25, 0.3) is 0 Å². The van der Waals surface area contributed by atoms with Crippen molar-refractivity contribution in [3.8, 4) is 5.75 Å². The average Bonchev–Trinajstić information content (AvgIpc) is 2.56. The molecule has 0 amide bonds. The number of rotatable bonds is 4. The van der Waals surface area contributed by atoms with E-state index in [0.29, 0.717) is 0 Å². The summed E-state index contributed by atoms with van der Waals surface area (Å²) < 4.78 is 11.4. The Morgan fingerprint density at radius 3 is 2.86 bits per heavy atom. The Kier molecular flexibility index (Phi) is 4.23. The quantitative estimate of drug-likeness (QED) is 0.934. The van der Waals surface area contributed by atoms with E-state index in [0.717, 1.165) is 18.8 Å². The number of ether oxygens (including phenoxy) is 2. The molecule has 2 unspecified atom stereocenters. The molecular formula is C18H21NO2. The highest BCUT2D eigenvalue weighted by Gasteiger charge is 2.29. The predicted octanol–water partition coefficient (Wildman–Crippen LogP) is 3.27. The van der Waals surface area contributed by atoms with Gasteiger partial charge in [0.15, 0.2) is 0 Å². The Hall–Kier alpha value is -1.84. The third-order valence-corrected chi connectivity index (χ3v) is 4.10. The summed E-state index contributed by atoms with van der Waals surface area (Å²) in [5.74, 6) is 0.872. The summed E-state index contributed by atoms with van der Waals surface area (Å²) in [4.78, 5) is 0. The van der Waals surface area contributed by atoms with Gasteiger partial charge in [0.1, 0.15) is 11.9 Å². The van der Waals surface area contributed by atoms with E-state index in [4.69, 9.17) is 9.47 Å². The van der Waals surface area contributed by atoms with Gasteiger partial charge < -0.3 is 14.8 Å². The minimum atomic E-state index is 0.0343. The summed E-state index contributed by atoms with van der Waals surface area (Å²) in [6.45, 7) is 0.768. The van der Waals surface area contributed by atoms with Gasteiger partial charge in [0.2, 0.25) is 0 Å². The number of hydrogen-bond acceptors (Lipinski definition) is 3. The van der Waals surface area contributed by atoms with Crippen molar-refractivity contribution < 1.29 is 9.47 Å². The average molecular weight is 283 g/mol. The largest absolute Gasteiger partial charge is 0.497 e. The second-order valence-corrected chi connectivity index (χ2v) is 5.28. The lowest BCUT2D eigenvalue weighted by molar-refractivity contribution is 0.0165. The van der Waals surface area contributed by atoms with Crippen LogP contribution in [0.2, 0.25) is 0 Å². The second kappa shape index (κ2) is 6.29. The van der Waals surface area contributed by atoms with Crippen molar-refractivity contribution in [1.82, 2.24) is 5.32 Å². The molecule has 0 aliphatic carbocycles. The lowest BCUT2D eigenvalue weighted by atomic mass is 9.90. The van der Waals surface area contributed by atoms with Gasteiger partial charge in [-0.1, -0.05) is 36.4 Å². The Balaban J connectivity index is 1.97. The first-order valence-corrected chi connectivity index (χ1v) is 7.34. The third-order valence-electron chi connectivity index (χ3n) is 4.10. The smallest absolute Gasteiger partial charge is 0.119 e. The van der Waals surface area contributed by atoms with Crippen LogP contribution in [0.3, 0.4) is 0 Å². The first kappa shape index (κ1) is 14.1. The van der Waals surface area contributed by atoms with E-state index in [1.165, 1.54) is 16.7 Å². The maximum absolute atomic E-state index is 6.08. The lowest BCUT2D eigenvalue weighted by Gasteiger charge is -2.32. The minimum absolute atomic E-state index is 0.0343. The first-order valence-electron chi connectivity index (χ1n) is 7.34. The summed E-state index contributed by atoms with van der Waals surface area (Å²) in [6.07, 6.45) is 1.02. The van der Waals surface area contributed by atoms with Crippen LogP contribution in [0.4, 0.5) is 0 Å². The van der Waals surface area contributed by atoms with Crippen LogP contribution >= 0.6 is 0 Å². The number of fused-ring (bicyclic) bond motifs is 1. The predicted molar refractivity (Wildman–Crippen MR) is 83.6 cm³/mol. The Labute approximate surface area is 125 Å². The molecule has 2 atom stereocenters. The molecule has 1 aliphatic rings. The standard InChI is InChI=1S/C18H21NO2/c1-19-17(14-7-5-8-15(12-14)20-2)18-16-9-4-3-6-13(16)10-11-21-18/h3-9,12,17-19H,10-11H2,1-2H3. The summed E-state index contributed by atoms with van der Waals surface area (Å²) in [5.41, 5.74) is 3.85. The van der Waals surface area contributed by atoms with Crippen LogP contribution in [-0.4, -0.2) is 20.8 Å². The molecule has 0 saturated heterocycles. The Morgan fingerprint density at radius 2 is 2.05 bits per heavy atom. The van der Waals surface area contributed by atoms with E-state index in [2.05, 4.69) is 41.7 Å². The van der Waals surface area contributed by atoms with Crippen molar-refractivity contribution in [2.24, 2.45) is 0 Å². The van der Waals surface area contributed by atoms with Crippen molar-refractivity contribution in [2.75, 3.05) is 20.8 Å². The molecule has 3 nitrogen and oxygen atoms in total. The zero-order valence-electron chi connectivity index (χ0n) is 12.5. The van der Waals surface area contributed by atoms with Gasteiger partial charge in [-0.05, 0) is 42.3 Å². The Morgan fingerprint density at radius 1 is 1.19 bits per heavy atom. The number of methoxy groups -OCH3 is 1. The van der Waals surface area contributed by atoms with E-state index in [-0.39, 0.29) is 12.1 Å². The van der Waals surface area contributed by atoms with Crippen LogP contribution < -0.4 is 10.1 Å². The molecule has 0 bridgehead atoms. The lowest BCUT2D eigenvalue weighted by Crippen LogP contribution is -2.29. The zero-order chi connectivity index (χ0) is 14.7. The molecule has 0 spiro atoms. The van der Waals surface area contributed by atoms with E-state index in [1.807, 2.05) is 19.2 Å². The van der Waals surface area contributed by atoms with Crippen LogP contribution in [0.25, 0.3) is 0 Å². The highest BCUT2D eigenvalue weighted by Crippen LogP contribution is 2.37. The van der Waals surface area contributed by atoms with Gasteiger partial charge in [-0.2, -0.15) is 0 Å². The van der Waals surface area contributed by atoms with Crippen molar-refractivity contribution in [3.05, 3.63) is 65.2 Å². The SMILES string of the molecule is CNC(c1cccc(OC)c1)C1OCCc2ccccc21. The second-order valence-electron chi connectivity index (χ2n) is 5.28. The Bertz CT molecular complexity index is 612. The van der Waals surface area contributed by atoms with Crippen LogP contribution in [0, 0.1) is 0 Å². The normalized spacial score (nSPS) is 18.9. The molecule has 0 saturated carbocycles. The first-order chi connectivity index (χ1) is 10.3. The van der Waals surface area contributed by atoms with E-state index >= 15 is 0 Å². The van der Waals surface area contributed by atoms with Gasteiger partial charge in [-0.25, -0.2) is 0 Å². The van der Waals surface area contributed by atoms with Gasteiger partial charge in [0, 0.05) is 0 Å². The summed E-state index contributed by atoms with van der Waals surface area (Å²) in [6, 6.07) is 16.8. The maximum Gasteiger partial charge on any atom is 0.119 e. The zero-order valence-corrected chi connectivity index (χ0v) is 12.5. The van der Waals surface area contributed by atoms with E-state index < -0.39 is 0 Å². The molecule has 0 fully saturated rings. The number of benzene rings is 2. The molecule has 1 aliphatic heterocycles. The fraction of sp³-hybridized carbons (Fsp3) is 0.333. The minimum Gasteiger partial charge on any atom is -0.497 e. The topological polar surface area (TPSA) is 30.5 Å². The van der Waals surface area contributed by atoms with Crippen molar-refractivity contribution >= 4 is 0 Å². The molecule has 0 aromatic heterocycles. The summed E-state index contributed by atoms with van der Waals surface area (Å²) in [5, 5.41) is 3.40. The van der Waals surface area contributed by atoms with Gasteiger partial charge in [-0.15, -0.1) is 0 Å². The highest BCUT2D eigenvalue weighted by atomic mass is 16.5. The van der Waals surface area contributed by atoms with Crippen molar-refractivity contribution in [3.63, 3.8) is 0 Å². The number of nitrogens with one attached hydrogen (secondary N) is 1. The molecular weight excluding hydrogens is 262 g/mol. The molecule has 1 N–H and O–H groups in total. The van der Waals surface area contributed by atoms with Crippen molar-refractivity contribution in [2.45, 2.75) is 18.6 Å². The molecule has 110 valence electrons. The maximum atomic E-state index is 6.08. The highest BCUT2D eigenvalue weighted by molar-refractivity contribution is 5.36. The number of likely N-dealkylation sites (N-methyl/N-ethyl adjacent to an activating group) is 1. The van der Waals surface area contributed by atoms with Gasteiger partial charge in [0.05, 0.1) is 19.8 Å². The van der Waals surface area contributed by atoms with E-state index in [1.54, 1.807) is 7.11 Å². The molecule has 2 aromatic carbocycles. The number of hydrogen-bond donors (Lipinski definition) is 1. The van der Waals surface area contributed by atoms with Crippen molar-refractivity contribution in [1.29, 1.82) is 0 Å². The summed E-state index contributed by atoms with van der Waals surface area (Å²) >= 11 is 0. The van der Waals surface area contributed by atoms with Crippen LogP contribution in [0.15, 0.2) is 48.5 Å². The molecule has 21 heavy (non-hydrogen) atoms. The fourth-order valence-corrected chi connectivity index (χ4v) is 3.03. The van der Waals surface area contributed by atoms with Gasteiger partial charge in [-0.3, -0.25) is 0 Å². The molecule has 1 heterocycles. The van der Waals surface area contributed by atoms with Crippen LogP contribution in [0.5, 0.6) is 5.75 Å². The van der Waals surface area contributed by atoms with Gasteiger partial charge >= 0.3 is 0 Å². The fourth-order valence-electron chi connectivity index (χ4n) is 3.03. The van der Waals surface area contributed by atoms with Crippen LogP contribution in [0.1, 0.15) is 28.8 Å². The molecule has 0 radical (unpaired) electrons. The monoisotopic (exact) mass is 283 g/mol. The van der Waals surface area contributed by atoms with Crippen LogP contribution in [-0.2, 0) is 11.2 Å².